The predicted molar refractivity (Wildman–Crippen MR) is 86.1 cm³/mol. The van der Waals surface area contributed by atoms with Crippen LogP contribution >= 0.6 is 0 Å². The Morgan fingerprint density at radius 3 is 2.23 bits per heavy atom. The fourth-order valence-electron chi connectivity index (χ4n) is 2.31. The molecule has 3 rings (SSSR count). The first kappa shape index (κ1) is 14.3. The number of ether oxygens (including phenoxy) is 2. The van der Waals surface area contributed by atoms with E-state index in [1.165, 1.54) is 0 Å². The summed E-state index contributed by atoms with van der Waals surface area (Å²) in [5.74, 6) is 1.31. The van der Waals surface area contributed by atoms with Crippen LogP contribution in [0.15, 0.2) is 42.5 Å². The van der Waals surface area contributed by atoms with Gasteiger partial charge >= 0.3 is 0 Å². The smallest absolute Gasteiger partial charge is 0.258 e. The quantitative estimate of drug-likeness (QED) is 0.874. The Bertz CT molecular complexity index is 696. The van der Waals surface area contributed by atoms with E-state index in [-0.39, 0.29) is 12.7 Å². The Balaban J connectivity index is 1.82. The van der Waals surface area contributed by atoms with Crippen LogP contribution in [0.25, 0.3) is 0 Å². The van der Waals surface area contributed by atoms with Gasteiger partial charge in [-0.05, 0) is 36.4 Å². The lowest BCUT2D eigenvalue weighted by Crippen LogP contribution is -2.26. The first-order chi connectivity index (χ1) is 10.6. The molecule has 0 aromatic heterocycles. The van der Waals surface area contributed by atoms with Gasteiger partial charge in [0.25, 0.3) is 5.91 Å². The lowest BCUT2D eigenvalue weighted by atomic mass is 10.1. The van der Waals surface area contributed by atoms with Crippen LogP contribution in [0, 0.1) is 0 Å². The summed E-state index contributed by atoms with van der Waals surface area (Å²) in [7, 11) is 5.69. The van der Waals surface area contributed by atoms with Gasteiger partial charge in [-0.2, -0.15) is 0 Å². The van der Waals surface area contributed by atoms with E-state index in [2.05, 4.69) is 0 Å². The van der Waals surface area contributed by atoms with Gasteiger partial charge in [-0.25, -0.2) is 0 Å². The average molecular weight is 298 g/mol. The molecule has 0 saturated carbocycles. The van der Waals surface area contributed by atoms with Crippen molar-refractivity contribution in [2.45, 2.75) is 0 Å². The molecule has 0 spiro atoms. The topological polar surface area (TPSA) is 42.0 Å². The van der Waals surface area contributed by atoms with Crippen molar-refractivity contribution < 1.29 is 14.3 Å². The molecule has 0 saturated heterocycles. The molecule has 0 bridgehead atoms. The lowest BCUT2D eigenvalue weighted by molar-refractivity contribution is 0.0993. The Hall–Kier alpha value is -2.69. The van der Waals surface area contributed by atoms with Crippen molar-refractivity contribution in [2.24, 2.45) is 0 Å². The molecule has 1 amide bonds. The summed E-state index contributed by atoms with van der Waals surface area (Å²) in [5, 5.41) is 0. The second kappa shape index (κ2) is 5.60. The molecule has 1 aliphatic rings. The number of carbonyl (C=O) groups is 1. The summed E-state index contributed by atoms with van der Waals surface area (Å²) in [5.41, 5.74) is 2.47. The Morgan fingerprint density at radius 1 is 0.909 bits per heavy atom. The first-order valence-corrected chi connectivity index (χ1v) is 7.01. The van der Waals surface area contributed by atoms with Crippen molar-refractivity contribution in [1.82, 2.24) is 0 Å². The highest BCUT2D eigenvalue weighted by Crippen LogP contribution is 2.35. The zero-order valence-corrected chi connectivity index (χ0v) is 12.9. The van der Waals surface area contributed by atoms with Crippen molar-refractivity contribution in [2.75, 3.05) is 37.7 Å². The molecule has 0 N–H and O–H groups in total. The molecule has 0 unspecified atom stereocenters. The van der Waals surface area contributed by atoms with Gasteiger partial charge in [-0.3, -0.25) is 4.79 Å². The maximum atomic E-state index is 12.6. The Labute approximate surface area is 129 Å². The Kier molecular flexibility index (Phi) is 3.63. The molecular formula is C17H18N2O3. The van der Waals surface area contributed by atoms with Crippen LogP contribution in [0.1, 0.15) is 10.4 Å². The van der Waals surface area contributed by atoms with E-state index < -0.39 is 0 Å². The summed E-state index contributed by atoms with van der Waals surface area (Å²) < 4.78 is 10.6. The van der Waals surface area contributed by atoms with Crippen LogP contribution < -0.4 is 19.3 Å². The second-order valence-corrected chi connectivity index (χ2v) is 5.34. The number of carbonyl (C=O) groups excluding carboxylic acids is 1. The fraction of sp³-hybridized carbons (Fsp3) is 0.235. The van der Waals surface area contributed by atoms with Crippen LogP contribution in [-0.2, 0) is 0 Å². The minimum absolute atomic E-state index is 0.0656. The van der Waals surface area contributed by atoms with Crippen molar-refractivity contribution >= 4 is 17.3 Å². The average Bonchev–Trinajstić information content (AvgIpc) is 3.01. The van der Waals surface area contributed by atoms with Crippen LogP contribution in [0.3, 0.4) is 0 Å². The monoisotopic (exact) mass is 298 g/mol. The summed E-state index contributed by atoms with van der Waals surface area (Å²) in [6.07, 6.45) is 0. The number of nitrogens with zero attached hydrogens (tertiary/aromatic N) is 2. The standard InChI is InChI=1S/C17H18N2O3/c1-18(2)13-6-4-12(5-7-13)17(20)19(3)14-8-9-15-16(10-14)22-11-21-15/h4-10H,11H2,1-3H3. The highest BCUT2D eigenvalue weighted by molar-refractivity contribution is 6.06. The number of hydrogen-bond donors (Lipinski definition) is 0. The summed E-state index contributed by atoms with van der Waals surface area (Å²) in [6, 6.07) is 13.0. The van der Waals surface area contributed by atoms with E-state index in [0.29, 0.717) is 17.1 Å². The van der Waals surface area contributed by atoms with Crippen LogP contribution in [-0.4, -0.2) is 33.8 Å². The molecule has 2 aromatic carbocycles. The molecule has 1 aliphatic heterocycles. The third kappa shape index (κ3) is 2.57. The first-order valence-electron chi connectivity index (χ1n) is 7.01. The van der Waals surface area contributed by atoms with Crippen molar-refractivity contribution in [3.8, 4) is 11.5 Å². The molecule has 114 valence electrons. The van der Waals surface area contributed by atoms with Gasteiger partial charge in [-0.15, -0.1) is 0 Å². The van der Waals surface area contributed by atoms with Crippen LogP contribution in [0.4, 0.5) is 11.4 Å². The molecular weight excluding hydrogens is 280 g/mol. The second-order valence-electron chi connectivity index (χ2n) is 5.34. The molecule has 0 atom stereocenters. The molecule has 0 aliphatic carbocycles. The van der Waals surface area contributed by atoms with Gasteiger partial charge in [0.1, 0.15) is 0 Å². The molecule has 2 aromatic rings. The van der Waals surface area contributed by atoms with E-state index in [1.54, 1.807) is 11.9 Å². The number of fused-ring (bicyclic) bond motifs is 1. The molecule has 5 heteroatoms. The van der Waals surface area contributed by atoms with E-state index >= 15 is 0 Å². The van der Waals surface area contributed by atoms with Gasteiger partial charge in [0.05, 0.1) is 0 Å². The van der Waals surface area contributed by atoms with E-state index in [4.69, 9.17) is 9.47 Å². The SMILES string of the molecule is CN(C)c1ccc(C(=O)N(C)c2ccc3c(c2)OCO3)cc1. The lowest BCUT2D eigenvalue weighted by Gasteiger charge is -2.18. The zero-order valence-electron chi connectivity index (χ0n) is 12.9. The highest BCUT2D eigenvalue weighted by atomic mass is 16.7. The van der Waals surface area contributed by atoms with Gasteiger partial charge in [0, 0.05) is 44.1 Å². The van der Waals surface area contributed by atoms with E-state index in [9.17, 15) is 4.79 Å². The van der Waals surface area contributed by atoms with Crippen molar-refractivity contribution in [3.05, 3.63) is 48.0 Å². The molecule has 1 heterocycles. The maximum absolute atomic E-state index is 12.6. The van der Waals surface area contributed by atoms with Gasteiger partial charge in [0.2, 0.25) is 6.79 Å². The predicted octanol–water partition coefficient (Wildman–Crippen LogP) is 2.76. The van der Waals surface area contributed by atoms with Gasteiger partial charge < -0.3 is 19.3 Å². The third-order valence-corrected chi connectivity index (χ3v) is 3.68. The van der Waals surface area contributed by atoms with E-state index in [0.717, 1.165) is 11.4 Å². The van der Waals surface area contributed by atoms with Crippen LogP contribution in [0.5, 0.6) is 11.5 Å². The zero-order chi connectivity index (χ0) is 15.7. The molecule has 0 fully saturated rings. The number of rotatable bonds is 3. The van der Waals surface area contributed by atoms with Crippen molar-refractivity contribution in [1.29, 1.82) is 0 Å². The summed E-state index contributed by atoms with van der Waals surface area (Å²) in [6.45, 7) is 0.225. The van der Waals surface area contributed by atoms with E-state index in [1.807, 2.05) is 61.5 Å². The number of amides is 1. The largest absolute Gasteiger partial charge is 0.454 e. The summed E-state index contributed by atoms with van der Waals surface area (Å²) in [4.78, 5) is 16.2. The van der Waals surface area contributed by atoms with Gasteiger partial charge in [-0.1, -0.05) is 0 Å². The Morgan fingerprint density at radius 2 is 1.55 bits per heavy atom. The summed E-state index contributed by atoms with van der Waals surface area (Å²) >= 11 is 0. The third-order valence-electron chi connectivity index (χ3n) is 3.68. The minimum atomic E-state index is -0.0656. The maximum Gasteiger partial charge on any atom is 0.258 e. The minimum Gasteiger partial charge on any atom is -0.454 e. The number of benzene rings is 2. The fourth-order valence-corrected chi connectivity index (χ4v) is 2.31. The van der Waals surface area contributed by atoms with Crippen LogP contribution in [0.2, 0.25) is 0 Å². The normalized spacial score (nSPS) is 12.1. The highest BCUT2D eigenvalue weighted by Gasteiger charge is 2.18. The molecule has 22 heavy (non-hydrogen) atoms. The molecule has 5 nitrogen and oxygen atoms in total. The number of hydrogen-bond acceptors (Lipinski definition) is 4. The van der Waals surface area contributed by atoms with Gasteiger partial charge in [0.15, 0.2) is 11.5 Å². The molecule has 0 radical (unpaired) electrons. The number of anilines is 2. The van der Waals surface area contributed by atoms with Crippen molar-refractivity contribution in [3.63, 3.8) is 0 Å².